The van der Waals surface area contributed by atoms with Crippen LogP contribution in [0.3, 0.4) is 0 Å². The number of methoxy groups -OCH3 is 1. The van der Waals surface area contributed by atoms with Crippen LogP contribution in [0.4, 0.5) is 0 Å². The Kier molecular flexibility index (Phi) is 6.53. The number of likely N-dealkylation sites (tertiary alicyclic amines) is 2. The normalized spacial score (nSPS) is 21.9. The third-order valence-corrected chi connectivity index (χ3v) is 5.57. The minimum absolute atomic E-state index is 0.0677. The van der Waals surface area contributed by atoms with Crippen LogP contribution in [-0.2, 0) is 16.1 Å². The summed E-state index contributed by atoms with van der Waals surface area (Å²) >= 11 is 0. The maximum Gasteiger partial charge on any atom is 0.227 e. The topological polar surface area (TPSA) is 49.9 Å². The fourth-order valence-electron chi connectivity index (χ4n) is 4.03. The van der Waals surface area contributed by atoms with Crippen molar-refractivity contribution >= 4 is 11.8 Å². The van der Waals surface area contributed by atoms with Crippen molar-refractivity contribution in [2.45, 2.75) is 51.5 Å². The summed E-state index contributed by atoms with van der Waals surface area (Å²) in [5.41, 5.74) is 0.989. The predicted octanol–water partition coefficient (Wildman–Crippen LogP) is 3.23. The van der Waals surface area contributed by atoms with E-state index in [1.807, 2.05) is 34.1 Å². The van der Waals surface area contributed by atoms with Crippen molar-refractivity contribution in [1.82, 2.24) is 9.80 Å². The third kappa shape index (κ3) is 4.57. The molecule has 3 rings (SSSR count). The maximum absolute atomic E-state index is 13.0. The maximum atomic E-state index is 13.0. The molecule has 0 aliphatic carbocycles. The van der Waals surface area contributed by atoms with E-state index in [2.05, 4.69) is 0 Å². The molecule has 26 heavy (non-hydrogen) atoms. The summed E-state index contributed by atoms with van der Waals surface area (Å²) in [6.07, 6.45) is 7.05. The van der Waals surface area contributed by atoms with Crippen LogP contribution in [-0.4, -0.2) is 48.4 Å². The van der Waals surface area contributed by atoms with Crippen molar-refractivity contribution in [1.29, 1.82) is 0 Å². The highest BCUT2D eigenvalue weighted by atomic mass is 16.5. The van der Waals surface area contributed by atoms with Gasteiger partial charge < -0.3 is 14.5 Å². The first kappa shape index (κ1) is 18.7. The van der Waals surface area contributed by atoms with Crippen molar-refractivity contribution in [2.24, 2.45) is 5.92 Å². The lowest BCUT2D eigenvalue weighted by atomic mass is 9.94. The second-order valence-electron chi connectivity index (χ2n) is 7.41. The Bertz CT molecular complexity index is 623. The Balaban J connectivity index is 1.65. The fraction of sp³-hybridized carbons (Fsp3) is 0.619. The Morgan fingerprint density at radius 2 is 1.81 bits per heavy atom. The first-order valence-corrected chi connectivity index (χ1v) is 9.87. The number of piperidine rings is 1. The number of hydrogen-bond donors (Lipinski definition) is 0. The first-order chi connectivity index (χ1) is 12.7. The van der Waals surface area contributed by atoms with Crippen LogP contribution in [0.25, 0.3) is 0 Å². The van der Waals surface area contributed by atoms with Crippen LogP contribution in [0, 0.1) is 5.92 Å². The summed E-state index contributed by atoms with van der Waals surface area (Å²) in [7, 11) is 1.64. The molecule has 0 saturated carbocycles. The van der Waals surface area contributed by atoms with Gasteiger partial charge in [0.2, 0.25) is 11.8 Å². The number of amides is 2. The highest BCUT2D eigenvalue weighted by molar-refractivity contribution is 5.84. The molecule has 0 bridgehead atoms. The SMILES string of the molecule is COc1ccccc1CN1C[C@H](C(=O)N2CCCCCCC2)CCC1=O. The van der Waals surface area contributed by atoms with Crippen molar-refractivity contribution in [3.63, 3.8) is 0 Å². The molecule has 1 aromatic rings. The summed E-state index contributed by atoms with van der Waals surface area (Å²) in [6, 6.07) is 7.77. The van der Waals surface area contributed by atoms with E-state index >= 15 is 0 Å². The Morgan fingerprint density at radius 3 is 2.54 bits per heavy atom. The van der Waals surface area contributed by atoms with Gasteiger partial charge >= 0.3 is 0 Å². The Morgan fingerprint density at radius 1 is 1.12 bits per heavy atom. The van der Waals surface area contributed by atoms with Gasteiger partial charge in [0.05, 0.1) is 13.0 Å². The molecule has 142 valence electrons. The van der Waals surface area contributed by atoms with Gasteiger partial charge in [0.1, 0.15) is 5.75 Å². The second-order valence-corrected chi connectivity index (χ2v) is 7.41. The number of carbonyl (C=O) groups is 2. The molecule has 2 aliphatic heterocycles. The van der Waals surface area contributed by atoms with E-state index in [4.69, 9.17) is 4.74 Å². The molecule has 0 unspecified atom stereocenters. The Hall–Kier alpha value is -2.04. The van der Waals surface area contributed by atoms with Crippen LogP contribution >= 0.6 is 0 Å². The lowest BCUT2D eigenvalue weighted by molar-refractivity contribution is -0.143. The lowest BCUT2D eigenvalue weighted by Crippen LogP contribution is -2.47. The van der Waals surface area contributed by atoms with E-state index in [9.17, 15) is 9.59 Å². The molecule has 5 nitrogen and oxygen atoms in total. The zero-order valence-corrected chi connectivity index (χ0v) is 15.8. The van der Waals surface area contributed by atoms with Crippen molar-refractivity contribution in [3.05, 3.63) is 29.8 Å². The van der Waals surface area contributed by atoms with Gasteiger partial charge in [0.15, 0.2) is 0 Å². The second kappa shape index (κ2) is 9.06. The molecule has 2 amide bonds. The molecule has 5 heteroatoms. The predicted molar refractivity (Wildman–Crippen MR) is 101 cm³/mol. The third-order valence-electron chi connectivity index (χ3n) is 5.57. The van der Waals surface area contributed by atoms with Crippen LogP contribution in [0.2, 0.25) is 0 Å². The average Bonchev–Trinajstić information content (AvgIpc) is 2.63. The summed E-state index contributed by atoms with van der Waals surface area (Å²) in [6.45, 7) is 2.77. The highest BCUT2D eigenvalue weighted by Gasteiger charge is 2.33. The van der Waals surface area contributed by atoms with E-state index < -0.39 is 0 Å². The van der Waals surface area contributed by atoms with Crippen LogP contribution in [0.1, 0.15) is 50.5 Å². The Labute approximate surface area is 156 Å². The summed E-state index contributed by atoms with van der Waals surface area (Å²) in [4.78, 5) is 29.3. The van der Waals surface area contributed by atoms with E-state index in [0.29, 0.717) is 25.9 Å². The number of carbonyl (C=O) groups excluding carboxylic acids is 2. The molecule has 2 saturated heterocycles. The average molecular weight is 358 g/mol. The minimum atomic E-state index is -0.0677. The lowest BCUT2D eigenvalue weighted by Gasteiger charge is -2.35. The largest absolute Gasteiger partial charge is 0.496 e. The number of rotatable bonds is 4. The zero-order valence-electron chi connectivity index (χ0n) is 15.8. The van der Waals surface area contributed by atoms with Crippen molar-refractivity contribution < 1.29 is 14.3 Å². The van der Waals surface area contributed by atoms with Gasteiger partial charge in [0.25, 0.3) is 0 Å². The standard InChI is InChI=1S/C21H30N2O3/c1-26-19-10-6-5-9-17(19)15-23-16-18(11-12-20(23)24)21(25)22-13-7-3-2-4-8-14-22/h5-6,9-10,18H,2-4,7-8,11-16H2,1H3/t18-/m1/s1. The van der Waals surface area contributed by atoms with Gasteiger partial charge in [-0.1, -0.05) is 37.5 Å². The number of nitrogens with zero attached hydrogens (tertiary/aromatic N) is 2. The summed E-state index contributed by atoms with van der Waals surface area (Å²) in [5, 5.41) is 0. The fourth-order valence-corrected chi connectivity index (χ4v) is 4.03. The molecule has 1 atom stereocenters. The van der Waals surface area contributed by atoms with Gasteiger partial charge in [-0.25, -0.2) is 0 Å². The first-order valence-electron chi connectivity index (χ1n) is 9.87. The van der Waals surface area contributed by atoms with E-state index in [1.54, 1.807) is 7.11 Å². The monoisotopic (exact) mass is 358 g/mol. The quantitative estimate of drug-likeness (QED) is 0.830. The van der Waals surface area contributed by atoms with Crippen LogP contribution < -0.4 is 4.74 Å². The number of para-hydroxylation sites is 1. The molecular weight excluding hydrogens is 328 g/mol. The molecule has 0 radical (unpaired) electrons. The number of ether oxygens (including phenoxy) is 1. The highest BCUT2D eigenvalue weighted by Crippen LogP contribution is 2.25. The molecule has 0 aromatic heterocycles. The van der Waals surface area contributed by atoms with E-state index in [-0.39, 0.29) is 17.7 Å². The molecular formula is C21H30N2O3. The van der Waals surface area contributed by atoms with E-state index in [0.717, 1.165) is 37.2 Å². The van der Waals surface area contributed by atoms with Gasteiger partial charge in [-0.05, 0) is 25.3 Å². The summed E-state index contributed by atoms with van der Waals surface area (Å²) < 4.78 is 5.40. The van der Waals surface area contributed by atoms with Crippen LogP contribution in [0.5, 0.6) is 5.75 Å². The summed E-state index contributed by atoms with van der Waals surface area (Å²) in [5.74, 6) is 1.09. The number of benzene rings is 1. The number of hydrogen-bond acceptors (Lipinski definition) is 3. The van der Waals surface area contributed by atoms with Gasteiger partial charge in [-0.3, -0.25) is 9.59 Å². The zero-order chi connectivity index (χ0) is 18.4. The molecule has 2 aliphatic rings. The smallest absolute Gasteiger partial charge is 0.227 e. The van der Waals surface area contributed by atoms with Gasteiger partial charge in [-0.15, -0.1) is 0 Å². The van der Waals surface area contributed by atoms with E-state index in [1.165, 1.54) is 19.3 Å². The van der Waals surface area contributed by atoms with Crippen molar-refractivity contribution in [2.75, 3.05) is 26.7 Å². The molecule has 2 heterocycles. The molecule has 1 aromatic carbocycles. The molecule has 0 spiro atoms. The van der Waals surface area contributed by atoms with Crippen LogP contribution in [0.15, 0.2) is 24.3 Å². The van der Waals surface area contributed by atoms with Gasteiger partial charge in [-0.2, -0.15) is 0 Å². The molecule has 2 fully saturated rings. The molecule has 0 N–H and O–H groups in total. The minimum Gasteiger partial charge on any atom is -0.496 e. The van der Waals surface area contributed by atoms with Gasteiger partial charge in [0, 0.05) is 38.2 Å². The van der Waals surface area contributed by atoms with Crippen molar-refractivity contribution in [3.8, 4) is 5.75 Å².